The molecule has 4 fully saturated rings. The Labute approximate surface area is 329 Å². The van der Waals surface area contributed by atoms with Crippen molar-refractivity contribution in [3.8, 4) is 0 Å². The average Bonchev–Trinajstić information content (AvgIpc) is 3.20. The summed E-state index contributed by atoms with van der Waals surface area (Å²) in [6.45, 7) is -2.39. The molecule has 0 aromatic carbocycles. The standard InChI is InChI=1S/C32H57NO25/c1-8-16(41)20(45)23(48)30(52-8)56-26(10(39)3-34)27(11(40)4-35)57-32-25(50)22(47)18(43)14(55-32)7-51-29-15(33-9(2)38)19(44)28(13(6-37)54-29)58-31-24(49)21(46)17(42)12(5-36)53-31/h8,10-32,34-37,39-50H,3-7H2,1-2H3,(H,33,38)/t8-,10-,11+,12+,13+,14+,15+,16+,17-,18-,19+,20+,21-,22-,23-,24+,25+,26+,27+,28+,29+,30-,31-,32-/m0/s1. The lowest BCUT2D eigenvalue weighted by Crippen LogP contribution is -2.68. The Morgan fingerprint density at radius 3 is 1.52 bits per heavy atom. The van der Waals surface area contributed by atoms with Crippen LogP contribution in [-0.2, 0) is 42.7 Å². The first-order valence-corrected chi connectivity index (χ1v) is 18.4. The molecule has 17 N–H and O–H groups in total. The van der Waals surface area contributed by atoms with Crippen molar-refractivity contribution in [2.45, 2.75) is 161 Å². The van der Waals surface area contributed by atoms with Gasteiger partial charge in [-0.3, -0.25) is 4.79 Å². The molecule has 0 spiro atoms. The molecule has 0 radical (unpaired) electrons. The molecule has 26 heteroatoms. The molecule has 0 bridgehead atoms. The van der Waals surface area contributed by atoms with E-state index < -0.39 is 186 Å². The van der Waals surface area contributed by atoms with Crippen LogP contribution in [0, 0.1) is 0 Å². The predicted molar refractivity (Wildman–Crippen MR) is 179 cm³/mol. The lowest BCUT2D eigenvalue weighted by atomic mass is 9.95. The zero-order valence-corrected chi connectivity index (χ0v) is 31.2. The summed E-state index contributed by atoms with van der Waals surface area (Å²) in [5.74, 6) is -0.752. The number of carbonyl (C=O) groups excluding carboxylic acids is 1. The monoisotopic (exact) mass is 855 g/mol. The van der Waals surface area contributed by atoms with E-state index in [1.54, 1.807) is 0 Å². The van der Waals surface area contributed by atoms with E-state index in [4.69, 9.17) is 37.9 Å². The fourth-order valence-electron chi connectivity index (χ4n) is 6.87. The maximum atomic E-state index is 12.2. The van der Waals surface area contributed by atoms with Crippen molar-refractivity contribution in [3.05, 3.63) is 0 Å². The molecule has 4 aliphatic rings. The Morgan fingerprint density at radius 2 is 1.02 bits per heavy atom. The minimum absolute atomic E-state index is 0.752. The van der Waals surface area contributed by atoms with E-state index in [0.717, 1.165) is 6.92 Å². The van der Waals surface area contributed by atoms with E-state index in [9.17, 15) is 86.5 Å². The van der Waals surface area contributed by atoms with Gasteiger partial charge in [0.05, 0.1) is 39.1 Å². The Bertz CT molecular complexity index is 1260. The zero-order valence-electron chi connectivity index (χ0n) is 31.2. The summed E-state index contributed by atoms with van der Waals surface area (Å²) < 4.78 is 44.7. The third kappa shape index (κ3) is 10.9. The van der Waals surface area contributed by atoms with E-state index in [-0.39, 0.29) is 0 Å². The Morgan fingerprint density at radius 1 is 0.569 bits per heavy atom. The highest BCUT2D eigenvalue weighted by molar-refractivity contribution is 5.73. The number of aliphatic hydroxyl groups excluding tert-OH is 16. The van der Waals surface area contributed by atoms with Crippen LogP contribution in [0.1, 0.15) is 13.8 Å². The summed E-state index contributed by atoms with van der Waals surface area (Å²) in [7, 11) is 0. The maximum absolute atomic E-state index is 12.2. The summed E-state index contributed by atoms with van der Waals surface area (Å²) in [6.07, 6.45) is -41.9. The summed E-state index contributed by atoms with van der Waals surface area (Å²) in [4.78, 5) is 12.2. The second kappa shape index (κ2) is 21.5. The van der Waals surface area contributed by atoms with Crippen molar-refractivity contribution >= 4 is 5.91 Å². The zero-order chi connectivity index (χ0) is 43.3. The number of amides is 1. The Balaban J connectivity index is 1.52. The minimum atomic E-state index is -2.14. The third-order valence-electron chi connectivity index (χ3n) is 10.3. The van der Waals surface area contributed by atoms with Gasteiger partial charge in [-0.25, -0.2) is 0 Å². The van der Waals surface area contributed by atoms with Gasteiger partial charge in [-0.1, -0.05) is 0 Å². The van der Waals surface area contributed by atoms with E-state index in [0.29, 0.717) is 0 Å². The largest absolute Gasteiger partial charge is 0.394 e. The van der Waals surface area contributed by atoms with E-state index in [1.165, 1.54) is 6.92 Å². The molecule has 4 saturated heterocycles. The number of carbonyl (C=O) groups is 1. The number of nitrogens with one attached hydrogen (secondary N) is 1. The number of hydrogen-bond donors (Lipinski definition) is 17. The highest BCUT2D eigenvalue weighted by Crippen LogP contribution is 2.32. The predicted octanol–water partition coefficient (Wildman–Crippen LogP) is -11.1. The molecular formula is C32H57NO25. The van der Waals surface area contributed by atoms with E-state index >= 15 is 0 Å². The highest BCUT2D eigenvalue weighted by Gasteiger charge is 2.53. The van der Waals surface area contributed by atoms with Crippen LogP contribution in [0.25, 0.3) is 0 Å². The summed E-state index contributed by atoms with van der Waals surface area (Å²) in [6, 6.07) is -1.57. The second-order valence-corrected chi connectivity index (χ2v) is 14.5. The van der Waals surface area contributed by atoms with Crippen LogP contribution in [0.3, 0.4) is 0 Å². The lowest BCUT2D eigenvalue weighted by molar-refractivity contribution is -0.361. The van der Waals surface area contributed by atoms with Gasteiger partial charge in [-0.05, 0) is 6.92 Å². The van der Waals surface area contributed by atoms with Crippen LogP contribution >= 0.6 is 0 Å². The van der Waals surface area contributed by atoms with Crippen LogP contribution in [0.5, 0.6) is 0 Å². The quantitative estimate of drug-likeness (QED) is 0.0646. The molecule has 0 unspecified atom stereocenters. The SMILES string of the molecule is CC(=O)N[C@H]1[C@H](OC[C@H]2O[C@@H](O[C@@H]([C@H](O[C@@H]3O[C@@H](C)[C@@H](O)[C@@H](O)[C@@H]3O)[C@@H](O)CO)[C@H](O)CO)[C@H](O)[C@@H](O)[C@H]2O)O[C@H](CO)[C@@H](O[C@@H]2O[C@H](CO)[C@H](O)[C@H](O)[C@H]2O)[C@@H]1O. The maximum Gasteiger partial charge on any atom is 0.217 e. The van der Waals surface area contributed by atoms with Crippen LogP contribution in [0.4, 0.5) is 0 Å². The molecule has 58 heavy (non-hydrogen) atoms. The van der Waals surface area contributed by atoms with Gasteiger partial charge in [0, 0.05) is 6.92 Å². The first-order valence-electron chi connectivity index (χ1n) is 18.4. The molecular weight excluding hydrogens is 798 g/mol. The van der Waals surface area contributed by atoms with Crippen molar-refractivity contribution in [3.63, 3.8) is 0 Å². The lowest BCUT2D eigenvalue weighted by Gasteiger charge is -2.47. The first-order chi connectivity index (χ1) is 27.3. The van der Waals surface area contributed by atoms with E-state index in [1.807, 2.05) is 0 Å². The molecule has 0 saturated carbocycles. The normalized spacial score (nSPS) is 45.9. The van der Waals surface area contributed by atoms with Gasteiger partial charge >= 0.3 is 0 Å². The molecule has 24 atom stereocenters. The third-order valence-corrected chi connectivity index (χ3v) is 10.3. The van der Waals surface area contributed by atoms with Crippen LogP contribution in [0.2, 0.25) is 0 Å². The molecule has 0 aliphatic carbocycles. The smallest absolute Gasteiger partial charge is 0.217 e. The Kier molecular flexibility index (Phi) is 18.3. The number of ether oxygens (including phenoxy) is 8. The fourth-order valence-corrected chi connectivity index (χ4v) is 6.87. The highest BCUT2D eigenvalue weighted by atomic mass is 16.8. The summed E-state index contributed by atoms with van der Waals surface area (Å²) >= 11 is 0. The van der Waals surface area contributed by atoms with Crippen LogP contribution in [0.15, 0.2) is 0 Å². The average molecular weight is 856 g/mol. The van der Waals surface area contributed by atoms with Crippen molar-refractivity contribution in [2.24, 2.45) is 0 Å². The molecule has 0 aromatic heterocycles. The molecule has 4 rings (SSSR count). The van der Waals surface area contributed by atoms with Gasteiger partial charge in [0.1, 0.15) is 116 Å². The molecule has 0 aromatic rings. The summed E-state index contributed by atoms with van der Waals surface area (Å²) in [5, 5.41) is 168. The topological polar surface area (TPSA) is 427 Å². The minimum Gasteiger partial charge on any atom is -0.394 e. The number of aliphatic hydroxyl groups is 16. The first kappa shape index (κ1) is 49.2. The van der Waals surface area contributed by atoms with E-state index in [2.05, 4.69) is 5.32 Å². The van der Waals surface area contributed by atoms with Gasteiger partial charge in [-0.15, -0.1) is 0 Å². The second-order valence-electron chi connectivity index (χ2n) is 14.5. The van der Waals surface area contributed by atoms with Gasteiger partial charge in [-0.2, -0.15) is 0 Å². The number of hydrogen-bond acceptors (Lipinski definition) is 25. The molecule has 1 amide bonds. The van der Waals surface area contributed by atoms with Crippen molar-refractivity contribution in [1.29, 1.82) is 0 Å². The molecule has 4 heterocycles. The van der Waals surface area contributed by atoms with Crippen molar-refractivity contribution in [1.82, 2.24) is 5.32 Å². The molecule has 26 nitrogen and oxygen atoms in total. The van der Waals surface area contributed by atoms with Crippen LogP contribution in [-0.4, -0.2) is 268 Å². The van der Waals surface area contributed by atoms with Gasteiger partial charge in [0.15, 0.2) is 25.2 Å². The van der Waals surface area contributed by atoms with Gasteiger partial charge < -0.3 is 125 Å². The van der Waals surface area contributed by atoms with Gasteiger partial charge in [0.25, 0.3) is 0 Å². The van der Waals surface area contributed by atoms with Crippen LogP contribution < -0.4 is 5.32 Å². The van der Waals surface area contributed by atoms with Gasteiger partial charge in [0.2, 0.25) is 5.91 Å². The fraction of sp³-hybridized carbons (Fsp3) is 0.969. The number of rotatable bonds is 17. The van der Waals surface area contributed by atoms with Crippen molar-refractivity contribution in [2.75, 3.05) is 33.0 Å². The van der Waals surface area contributed by atoms with Crippen molar-refractivity contribution < 1.29 is 124 Å². The molecule has 4 aliphatic heterocycles. The Hall–Kier alpha value is -1.49. The molecule has 340 valence electrons. The summed E-state index contributed by atoms with van der Waals surface area (Å²) in [5.41, 5.74) is 0.